The van der Waals surface area contributed by atoms with Gasteiger partial charge in [0, 0.05) is 11.1 Å². The quantitative estimate of drug-likeness (QED) is 0.913. The normalized spacial score (nSPS) is 18.0. The molecule has 1 aliphatic rings. The Labute approximate surface area is 122 Å². The van der Waals surface area contributed by atoms with Crippen molar-refractivity contribution in [3.8, 4) is 0 Å². The van der Waals surface area contributed by atoms with Crippen LogP contribution in [-0.2, 0) is 12.8 Å². The Morgan fingerprint density at radius 2 is 2.19 bits per heavy atom. The van der Waals surface area contributed by atoms with E-state index in [1.165, 1.54) is 6.07 Å². The lowest BCUT2D eigenvalue weighted by Crippen LogP contribution is -2.23. The molecule has 0 fully saturated rings. The molecule has 0 saturated heterocycles. The number of hydrogen-bond donors (Lipinski definition) is 1. The lowest BCUT2D eigenvalue weighted by molar-refractivity contribution is 0.0696. The van der Waals surface area contributed by atoms with Gasteiger partial charge in [0.1, 0.15) is 11.3 Å². The molecular formula is C17H18FNO2. The lowest BCUT2D eigenvalue weighted by Gasteiger charge is -2.28. The van der Waals surface area contributed by atoms with Crippen molar-refractivity contribution < 1.29 is 14.3 Å². The van der Waals surface area contributed by atoms with Crippen molar-refractivity contribution in [2.45, 2.75) is 33.1 Å². The minimum absolute atomic E-state index is 0.177. The van der Waals surface area contributed by atoms with E-state index in [1.54, 1.807) is 12.1 Å². The Bertz CT molecular complexity index is 724. The number of nitrogens with zero attached hydrogens (tertiary/aromatic N) is 1. The van der Waals surface area contributed by atoms with E-state index in [1.807, 2.05) is 0 Å². The zero-order chi connectivity index (χ0) is 15.1. The van der Waals surface area contributed by atoms with Crippen LogP contribution in [-0.4, -0.2) is 16.1 Å². The molecule has 21 heavy (non-hydrogen) atoms. The smallest absolute Gasteiger partial charge is 0.336 e. The molecule has 0 bridgehead atoms. The second kappa shape index (κ2) is 5.10. The molecule has 1 N–H and O–H groups in total. The molecule has 3 nitrogen and oxygen atoms in total. The first-order valence-corrected chi connectivity index (χ1v) is 7.32. The van der Waals surface area contributed by atoms with Gasteiger partial charge in [-0.1, -0.05) is 26.0 Å². The van der Waals surface area contributed by atoms with E-state index >= 15 is 0 Å². The summed E-state index contributed by atoms with van der Waals surface area (Å²) in [6, 6.07) is 4.52. The van der Waals surface area contributed by atoms with Crippen LogP contribution in [0.1, 0.15) is 41.9 Å². The molecule has 0 saturated carbocycles. The third-order valence-electron chi connectivity index (χ3n) is 4.53. The number of aromatic nitrogens is 1. The number of para-hydroxylation sites is 1. The van der Waals surface area contributed by atoms with Crippen molar-refractivity contribution >= 4 is 16.9 Å². The number of halogens is 1. The number of rotatable bonds is 2. The van der Waals surface area contributed by atoms with Crippen LogP contribution in [0.4, 0.5) is 4.39 Å². The fraction of sp³-hybridized carbons (Fsp3) is 0.412. The molecule has 1 unspecified atom stereocenters. The van der Waals surface area contributed by atoms with Crippen LogP contribution in [0.3, 0.4) is 0 Å². The van der Waals surface area contributed by atoms with E-state index < -0.39 is 11.8 Å². The number of carboxylic acids is 1. The summed E-state index contributed by atoms with van der Waals surface area (Å²) < 4.78 is 13.9. The molecule has 1 aliphatic carbocycles. The number of fused-ring (bicyclic) bond motifs is 2. The average molecular weight is 287 g/mol. The van der Waals surface area contributed by atoms with E-state index in [2.05, 4.69) is 18.8 Å². The summed E-state index contributed by atoms with van der Waals surface area (Å²) in [5, 5.41) is 10.0. The summed E-state index contributed by atoms with van der Waals surface area (Å²) in [5.74, 6) is -0.483. The van der Waals surface area contributed by atoms with Gasteiger partial charge >= 0.3 is 5.97 Å². The van der Waals surface area contributed by atoms with Gasteiger partial charge in [-0.05, 0) is 42.7 Å². The molecule has 110 valence electrons. The number of aryl methyl sites for hydroxylation is 1. The van der Waals surface area contributed by atoms with E-state index in [0.29, 0.717) is 23.6 Å². The summed E-state index contributed by atoms with van der Waals surface area (Å²) >= 11 is 0. The van der Waals surface area contributed by atoms with Gasteiger partial charge in [-0.2, -0.15) is 0 Å². The van der Waals surface area contributed by atoms with E-state index in [9.17, 15) is 14.3 Å². The summed E-state index contributed by atoms with van der Waals surface area (Å²) in [6.07, 6.45) is 2.42. The number of hydrogen-bond acceptors (Lipinski definition) is 2. The van der Waals surface area contributed by atoms with Gasteiger partial charge in [0.05, 0.1) is 5.56 Å². The summed E-state index contributed by atoms with van der Waals surface area (Å²) in [5.41, 5.74) is 1.96. The lowest BCUT2D eigenvalue weighted by atomic mass is 9.78. The van der Waals surface area contributed by atoms with Crippen molar-refractivity contribution in [2.75, 3.05) is 0 Å². The molecule has 0 radical (unpaired) electrons. The fourth-order valence-corrected chi connectivity index (χ4v) is 3.27. The van der Waals surface area contributed by atoms with Crippen LogP contribution in [0.2, 0.25) is 0 Å². The molecule has 0 spiro atoms. The Hall–Kier alpha value is -1.97. The van der Waals surface area contributed by atoms with Crippen molar-refractivity contribution in [1.82, 2.24) is 4.98 Å². The average Bonchev–Trinajstić information content (AvgIpc) is 2.44. The Morgan fingerprint density at radius 3 is 2.86 bits per heavy atom. The van der Waals surface area contributed by atoms with E-state index in [0.717, 1.165) is 24.1 Å². The van der Waals surface area contributed by atoms with Crippen molar-refractivity contribution in [3.05, 3.63) is 40.8 Å². The highest BCUT2D eigenvalue weighted by molar-refractivity contribution is 6.04. The van der Waals surface area contributed by atoms with Crippen LogP contribution < -0.4 is 0 Å². The maximum atomic E-state index is 13.9. The Kier molecular flexibility index (Phi) is 3.40. The van der Waals surface area contributed by atoms with Crippen molar-refractivity contribution in [1.29, 1.82) is 0 Å². The highest BCUT2D eigenvalue weighted by Gasteiger charge is 2.28. The zero-order valence-electron chi connectivity index (χ0n) is 12.2. The Morgan fingerprint density at radius 1 is 1.43 bits per heavy atom. The third kappa shape index (κ3) is 2.28. The van der Waals surface area contributed by atoms with Gasteiger partial charge in [-0.15, -0.1) is 0 Å². The molecule has 1 heterocycles. The highest BCUT2D eigenvalue weighted by Crippen LogP contribution is 2.34. The van der Waals surface area contributed by atoms with Gasteiger partial charge in [0.2, 0.25) is 0 Å². The highest BCUT2D eigenvalue weighted by atomic mass is 19.1. The summed E-state index contributed by atoms with van der Waals surface area (Å²) in [7, 11) is 0. The second-order valence-corrected chi connectivity index (χ2v) is 6.10. The molecule has 1 aromatic carbocycles. The number of aromatic carboxylic acids is 1. The Balaban J connectivity index is 2.28. The molecule has 2 aromatic rings. The van der Waals surface area contributed by atoms with Crippen LogP contribution in [0.25, 0.3) is 10.9 Å². The van der Waals surface area contributed by atoms with Crippen LogP contribution in [0.5, 0.6) is 0 Å². The first-order valence-electron chi connectivity index (χ1n) is 7.32. The largest absolute Gasteiger partial charge is 0.478 e. The van der Waals surface area contributed by atoms with Gasteiger partial charge in [0.25, 0.3) is 0 Å². The minimum Gasteiger partial charge on any atom is -0.478 e. The zero-order valence-corrected chi connectivity index (χ0v) is 12.2. The van der Waals surface area contributed by atoms with Gasteiger partial charge in [-0.25, -0.2) is 14.2 Å². The maximum absolute atomic E-state index is 13.9. The van der Waals surface area contributed by atoms with E-state index in [4.69, 9.17) is 0 Å². The standard InChI is InChI=1S/C17H18FNO2/c1-9(2)10-6-7-14-12(8-10)15(17(20)21)11-4-3-5-13(18)16(11)19-14/h3-5,9-10H,6-8H2,1-2H3,(H,20,21). The monoisotopic (exact) mass is 287 g/mol. The number of benzene rings is 1. The summed E-state index contributed by atoms with van der Waals surface area (Å²) in [6.45, 7) is 4.31. The van der Waals surface area contributed by atoms with Crippen LogP contribution in [0.15, 0.2) is 18.2 Å². The minimum atomic E-state index is -0.992. The predicted molar refractivity (Wildman–Crippen MR) is 79.0 cm³/mol. The first kappa shape index (κ1) is 14.0. The number of carboxylic acid groups (broad SMARTS) is 1. The fourth-order valence-electron chi connectivity index (χ4n) is 3.27. The van der Waals surface area contributed by atoms with Gasteiger partial charge in [-0.3, -0.25) is 0 Å². The van der Waals surface area contributed by atoms with Crippen LogP contribution in [0, 0.1) is 17.7 Å². The van der Waals surface area contributed by atoms with Crippen molar-refractivity contribution in [3.63, 3.8) is 0 Å². The summed E-state index contributed by atoms with van der Waals surface area (Å²) in [4.78, 5) is 16.1. The molecular weight excluding hydrogens is 269 g/mol. The van der Waals surface area contributed by atoms with Gasteiger partial charge in [0.15, 0.2) is 0 Å². The number of pyridine rings is 1. The second-order valence-electron chi connectivity index (χ2n) is 6.10. The van der Waals surface area contributed by atoms with Crippen molar-refractivity contribution in [2.24, 2.45) is 11.8 Å². The molecule has 3 rings (SSSR count). The molecule has 4 heteroatoms. The predicted octanol–water partition coefficient (Wildman–Crippen LogP) is 3.83. The topological polar surface area (TPSA) is 50.2 Å². The first-order chi connectivity index (χ1) is 9.99. The van der Waals surface area contributed by atoms with E-state index in [-0.39, 0.29) is 11.1 Å². The SMILES string of the molecule is CC(C)C1CCc2nc3c(F)cccc3c(C(=O)O)c2C1. The maximum Gasteiger partial charge on any atom is 0.336 e. The number of carbonyl (C=O) groups is 1. The third-order valence-corrected chi connectivity index (χ3v) is 4.53. The van der Waals surface area contributed by atoms with Crippen LogP contribution >= 0.6 is 0 Å². The molecule has 0 aliphatic heterocycles. The molecule has 0 amide bonds. The molecule has 1 aromatic heterocycles. The molecule has 1 atom stereocenters. The van der Waals surface area contributed by atoms with Gasteiger partial charge < -0.3 is 5.11 Å².